The van der Waals surface area contributed by atoms with Crippen molar-refractivity contribution in [3.63, 3.8) is 0 Å². The molecule has 0 radical (unpaired) electrons. The van der Waals surface area contributed by atoms with Crippen LogP contribution in [0, 0.1) is 15.9 Å². The van der Waals surface area contributed by atoms with Crippen LogP contribution in [0.4, 0.5) is 15.8 Å². The summed E-state index contributed by atoms with van der Waals surface area (Å²) in [7, 11) is 0. The Bertz CT molecular complexity index is 479. The number of nitro groups is 1. The van der Waals surface area contributed by atoms with E-state index in [9.17, 15) is 14.5 Å². The minimum Gasteiger partial charge on any atom is -0.379 e. The van der Waals surface area contributed by atoms with Gasteiger partial charge in [-0.1, -0.05) is 0 Å². The van der Waals surface area contributed by atoms with E-state index < -0.39 is 10.7 Å². The van der Waals surface area contributed by atoms with Crippen LogP contribution in [-0.2, 0) is 4.74 Å². The van der Waals surface area contributed by atoms with E-state index in [0.29, 0.717) is 24.9 Å². The number of hydrogen-bond donors (Lipinski definition) is 2. The van der Waals surface area contributed by atoms with Crippen LogP contribution in [0.3, 0.4) is 0 Å². The van der Waals surface area contributed by atoms with Crippen LogP contribution in [0.25, 0.3) is 0 Å². The van der Waals surface area contributed by atoms with Crippen molar-refractivity contribution >= 4 is 11.4 Å². The number of nitro benzene ring substituents is 1. The van der Waals surface area contributed by atoms with Gasteiger partial charge in [-0.05, 0) is 44.5 Å². The lowest BCUT2D eigenvalue weighted by Crippen LogP contribution is -2.32. The Hall–Kier alpha value is -1.73. The van der Waals surface area contributed by atoms with Gasteiger partial charge in [0.2, 0.25) is 0 Å². The largest absolute Gasteiger partial charge is 0.379 e. The number of halogens is 1. The van der Waals surface area contributed by atoms with E-state index in [0.717, 1.165) is 38.4 Å². The van der Waals surface area contributed by atoms with Crippen molar-refractivity contribution in [2.75, 3.05) is 31.6 Å². The summed E-state index contributed by atoms with van der Waals surface area (Å²) < 4.78 is 18.7. The van der Waals surface area contributed by atoms with Crippen molar-refractivity contribution in [2.45, 2.75) is 25.4 Å². The molecule has 0 unspecified atom stereocenters. The minimum absolute atomic E-state index is 0.241. The first-order chi connectivity index (χ1) is 10.2. The molecule has 21 heavy (non-hydrogen) atoms. The summed E-state index contributed by atoms with van der Waals surface area (Å²) in [5, 5.41) is 17.1. The molecule has 1 fully saturated rings. The maximum Gasteiger partial charge on any atom is 0.295 e. The highest BCUT2D eigenvalue weighted by molar-refractivity contribution is 5.61. The highest BCUT2D eigenvalue weighted by atomic mass is 19.1. The Balaban J connectivity index is 1.72. The third kappa shape index (κ3) is 4.95. The highest BCUT2D eigenvalue weighted by Gasteiger charge is 2.15. The molecule has 0 saturated carbocycles. The van der Waals surface area contributed by atoms with Crippen molar-refractivity contribution in [2.24, 2.45) is 0 Å². The lowest BCUT2D eigenvalue weighted by molar-refractivity contribution is -0.384. The van der Waals surface area contributed by atoms with Gasteiger partial charge in [0.15, 0.2) is 0 Å². The van der Waals surface area contributed by atoms with E-state index in [1.165, 1.54) is 12.1 Å². The van der Waals surface area contributed by atoms with E-state index in [1.54, 1.807) is 0 Å². The van der Waals surface area contributed by atoms with Crippen LogP contribution in [0.2, 0.25) is 0 Å². The van der Waals surface area contributed by atoms with Crippen molar-refractivity contribution < 1.29 is 14.1 Å². The van der Waals surface area contributed by atoms with Gasteiger partial charge in [-0.2, -0.15) is 0 Å². The van der Waals surface area contributed by atoms with Crippen molar-refractivity contribution in [3.8, 4) is 0 Å². The fraction of sp³-hybridized carbons (Fsp3) is 0.571. The summed E-state index contributed by atoms with van der Waals surface area (Å²) in [5.41, 5.74) is 0.0949. The molecular formula is C14H20FN3O3. The highest BCUT2D eigenvalue weighted by Crippen LogP contribution is 2.24. The third-order valence-corrected chi connectivity index (χ3v) is 3.43. The molecule has 1 saturated heterocycles. The van der Waals surface area contributed by atoms with E-state index >= 15 is 0 Å². The summed E-state index contributed by atoms with van der Waals surface area (Å²) in [6, 6.07) is 3.52. The number of rotatable bonds is 7. The first-order valence-electron chi connectivity index (χ1n) is 7.17. The van der Waals surface area contributed by atoms with Gasteiger partial charge in [-0.15, -0.1) is 0 Å². The zero-order chi connectivity index (χ0) is 15.1. The first kappa shape index (κ1) is 15.7. The summed E-state index contributed by atoms with van der Waals surface area (Å²) in [6.07, 6.45) is 3.11. The first-order valence-corrected chi connectivity index (χ1v) is 7.17. The zero-order valence-electron chi connectivity index (χ0n) is 11.8. The average molecular weight is 297 g/mol. The molecule has 116 valence electrons. The third-order valence-electron chi connectivity index (χ3n) is 3.43. The molecule has 0 atom stereocenters. The van der Waals surface area contributed by atoms with E-state index in [2.05, 4.69) is 10.6 Å². The Morgan fingerprint density at radius 2 is 2.19 bits per heavy atom. The van der Waals surface area contributed by atoms with Crippen LogP contribution in [-0.4, -0.2) is 37.3 Å². The number of hydrogen-bond acceptors (Lipinski definition) is 5. The molecule has 2 rings (SSSR count). The quantitative estimate of drug-likeness (QED) is 0.459. The molecule has 6 nitrogen and oxygen atoms in total. The lowest BCUT2D eigenvalue weighted by atomic mass is 10.1. The van der Waals surface area contributed by atoms with Gasteiger partial charge in [0.25, 0.3) is 5.69 Å². The second kappa shape index (κ2) is 7.90. The van der Waals surface area contributed by atoms with Crippen molar-refractivity contribution in [3.05, 3.63) is 34.1 Å². The molecule has 1 heterocycles. The molecule has 1 aromatic carbocycles. The molecule has 1 aliphatic rings. The monoisotopic (exact) mass is 297 g/mol. The number of ether oxygens (including phenoxy) is 1. The van der Waals surface area contributed by atoms with Gasteiger partial charge in [-0.25, -0.2) is 4.39 Å². The van der Waals surface area contributed by atoms with E-state index in [1.807, 2.05) is 0 Å². The molecule has 2 N–H and O–H groups in total. The van der Waals surface area contributed by atoms with E-state index in [4.69, 9.17) is 4.74 Å². The Morgan fingerprint density at radius 1 is 1.43 bits per heavy atom. The van der Waals surface area contributed by atoms with Gasteiger partial charge in [0, 0.05) is 13.2 Å². The number of anilines is 1. The van der Waals surface area contributed by atoms with Crippen LogP contribution >= 0.6 is 0 Å². The summed E-state index contributed by atoms with van der Waals surface area (Å²) in [6.45, 7) is 3.15. The molecule has 7 heteroatoms. The molecule has 0 aliphatic carbocycles. The van der Waals surface area contributed by atoms with Gasteiger partial charge in [0.1, 0.15) is 11.5 Å². The second-order valence-electron chi connectivity index (χ2n) is 5.02. The smallest absolute Gasteiger partial charge is 0.295 e. The topological polar surface area (TPSA) is 76.4 Å². The fourth-order valence-corrected chi connectivity index (χ4v) is 2.31. The molecule has 1 aromatic rings. The predicted octanol–water partition coefficient (Wildman–Crippen LogP) is 2.30. The van der Waals surface area contributed by atoms with Crippen LogP contribution in [0.1, 0.15) is 19.3 Å². The average Bonchev–Trinajstić information content (AvgIpc) is 2.49. The number of nitrogens with zero attached hydrogens (tertiary/aromatic N) is 1. The Kier molecular flexibility index (Phi) is 5.89. The normalized spacial score (nSPS) is 15.9. The number of benzene rings is 1. The van der Waals surface area contributed by atoms with Crippen LogP contribution in [0.15, 0.2) is 18.2 Å². The lowest BCUT2D eigenvalue weighted by Gasteiger charge is -2.22. The fourth-order valence-electron chi connectivity index (χ4n) is 2.31. The van der Waals surface area contributed by atoms with Crippen molar-refractivity contribution in [1.29, 1.82) is 0 Å². The molecule has 0 bridgehead atoms. The van der Waals surface area contributed by atoms with Gasteiger partial charge < -0.3 is 15.4 Å². The number of piperidine rings is 1. The zero-order valence-corrected chi connectivity index (χ0v) is 11.8. The molecule has 0 spiro atoms. The molecule has 0 amide bonds. The summed E-state index contributed by atoms with van der Waals surface area (Å²) in [5.74, 6) is -0.610. The van der Waals surface area contributed by atoms with Crippen LogP contribution < -0.4 is 10.6 Å². The van der Waals surface area contributed by atoms with Crippen LogP contribution in [0.5, 0.6) is 0 Å². The second-order valence-corrected chi connectivity index (χ2v) is 5.02. The summed E-state index contributed by atoms with van der Waals surface area (Å²) >= 11 is 0. The maximum atomic E-state index is 13.0. The Morgan fingerprint density at radius 3 is 2.90 bits per heavy atom. The Labute approximate surface area is 122 Å². The minimum atomic E-state index is -0.610. The SMILES string of the molecule is O=[N+]([O-])c1cc(F)ccc1NCCCOC1CCNCC1. The van der Waals surface area contributed by atoms with Gasteiger partial charge in [0.05, 0.1) is 17.1 Å². The molecule has 1 aliphatic heterocycles. The van der Waals surface area contributed by atoms with E-state index in [-0.39, 0.29) is 5.69 Å². The van der Waals surface area contributed by atoms with Crippen molar-refractivity contribution in [1.82, 2.24) is 5.32 Å². The van der Waals surface area contributed by atoms with Gasteiger partial charge >= 0.3 is 0 Å². The molecular weight excluding hydrogens is 277 g/mol. The number of nitrogens with one attached hydrogen (secondary N) is 2. The predicted molar refractivity (Wildman–Crippen MR) is 78.0 cm³/mol. The maximum absolute atomic E-state index is 13.0. The summed E-state index contributed by atoms with van der Waals surface area (Å²) in [4.78, 5) is 10.3. The molecule has 0 aromatic heterocycles. The standard InChI is InChI=1S/C14H20FN3O3/c15-11-2-3-13(14(10-11)18(19)20)17-6-1-9-21-12-4-7-16-8-5-12/h2-3,10,12,16-17H,1,4-9H2. The van der Waals surface area contributed by atoms with Gasteiger partial charge in [-0.3, -0.25) is 10.1 Å².